The first-order valence-corrected chi connectivity index (χ1v) is 6.40. The Morgan fingerprint density at radius 2 is 2.06 bits per heavy atom. The van der Waals surface area contributed by atoms with Gasteiger partial charge in [-0.2, -0.15) is 0 Å². The Kier molecular flexibility index (Phi) is 3.97. The SMILES string of the molecule is CCCCCCn1ccc2cccc(C=O)c21. The molecule has 1 aromatic carbocycles. The maximum atomic E-state index is 11.0. The van der Waals surface area contributed by atoms with Crippen LogP contribution < -0.4 is 0 Å². The average Bonchev–Trinajstić information content (AvgIpc) is 2.78. The molecule has 90 valence electrons. The van der Waals surface area contributed by atoms with Crippen LogP contribution >= 0.6 is 0 Å². The van der Waals surface area contributed by atoms with E-state index in [1.807, 2.05) is 12.1 Å². The summed E-state index contributed by atoms with van der Waals surface area (Å²) in [6.45, 7) is 3.23. The molecule has 17 heavy (non-hydrogen) atoms. The average molecular weight is 229 g/mol. The van der Waals surface area contributed by atoms with Crippen molar-refractivity contribution in [3.63, 3.8) is 0 Å². The Balaban J connectivity index is 2.19. The van der Waals surface area contributed by atoms with Crippen LogP contribution in [0.2, 0.25) is 0 Å². The van der Waals surface area contributed by atoms with E-state index in [2.05, 4.69) is 29.8 Å². The highest BCUT2D eigenvalue weighted by molar-refractivity contribution is 5.96. The lowest BCUT2D eigenvalue weighted by Gasteiger charge is -2.06. The van der Waals surface area contributed by atoms with Crippen molar-refractivity contribution in [1.29, 1.82) is 0 Å². The summed E-state index contributed by atoms with van der Waals surface area (Å²) in [6, 6.07) is 7.97. The van der Waals surface area contributed by atoms with Gasteiger partial charge in [0.15, 0.2) is 6.29 Å². The zero-order chi connectivity index (χ0) is 12.1. The van der Waals surface area contributed by atoms with Crippen LogP contribution in [-0.4, -0.2) is 10.9 Å². The third-order valence-corrected chi connectivity index (χ3v) is 3.20. The van der Waals surface area contributed by atoms with Crippen molar-refractivity contribution in [3.05, 3.63) is 36.0 Å². The fourth-order valence-corrected chi connectivity index (χ4v) is 2.28. The first-order valence-electron chi connectivity index (χ1n) is 6.40. The molecule has 0 aliphatic carbocycles. The quantitative estimate of drug-likeness (QED) is 0.541. The number of rotatable bonds is 6. The minimum absolute atomic E-state index is 0.794. The molecule has 0 radical (unpaired) electrons. The molecule has 0 spiro atoms. The number of aryl methyl sites for hydroxylation is 1. The van der Waals surface area contributed by atoms with Crippen LogP contribution in [0.3, 0.4) is 0 Å². The summed E-state index contributed by atoms with van der Waals surface area (Å²) in [4.78, 5) is 11.0. The van der Waals surface area contributed by atoms with Gasteiger partial charge in [-0.3, -0.25) is 4.79 Å². The summed E-state index contributed by atoms with van der Waals surface area (Å²) >= 11 is 0. The van der Waals surface area contributed by atoms with Crippen LogP contribution in [-0.2, 0) is 6.54 Å². The van der Waals surface area contributed by atoms with Gasteiger partial charge in [-0.25, -0.2) is 0 Å². The highest BCUT2D eigenvalue weighted by Gasteiger charge is 2.05. The van der Waals surface area contributed by atoms with Crippen LogP contribution in [0.4, 0.5) is 0 Å². The van der Waals surface area contributed by atoms with Crippen LogP contribution in [0.5, 0.6) is 0 Å². The molecule has 0 fully saturated rings. The van der Waals surface area contributed by atoms with E-state index in [0.717, 1.165) is 29.3 Å². The van der Waals surface area contributed by atoms with Crippen LogP contribution in [0.1, 0.15) is 43.0 Å². The third kappa shape index (κ3) is 2.57. The van der Waals surface area contributed by atoms with Crippen molar-refractivity contribution < 1.29 is 4.79 Å². The van der Waals surface area contributed by atoms with E-state index in [1.165, 1.54) is 25.7 Å². The molecule has 0 aliphatic heterocycles. The lowest BCUT2D eigenvalue weighted by molar-refractivity contribution is 0.112. The predicted molar refractivity (Wildman–Crippen MR) is 71.5 cm³/mol. The first-order chi connectivity index (χ1) is 8.36. The monoisotopic (exact) mass is 229 g/mol. The van der Waals surface area contributed by atoms with Crippen molar-refractivity contribution in [2.24, 2.45) is 0 Å². The molecule has 0 bridgehead atoms. The fraction of sp³-hybridized carbons (Fsp3) is 0.400. The molecule has 0 N–H and O–H groups in total. The standard InChI is InChI=1S/C15H19NO/c1-2-3-4-5-10-16-11-9-13-7-6-8-14(12-17)15(13)16/h6-9,11-12H,2-5,10H2,1H3. The van der Waals surface area contributed by atoms with Gasteiger partial charge in [-0.1, -0.05) is 38.3 Å². The number of hydrogen-bond acceptors (Lipinski definition) is 1. The maximum Gasteiger partial charge on any atom is 0.152 e. The number of nitrogens with zero attached hydrogens (tertiary/aromatic N) is 1. The molecule has 2 aromatic rings. The van der Waals surface area contributed by atoms with E-state index in [-0.39, 0.29) is 0 Å². The summed E-state index contributed by atoms with van der Waals surface area (Å²) in [6.07, 6.45) is 8.03. The van der Waals surface area contributed by atoms with Crippen molar-refractivity contribution in [2.45, 2.75) is 39.2 Å². The Labute approximate surface area is 102 Å². The van der Waals surface area contributed by atoms with Crippen molar-refractivity contribution in [2.75, 3.05) is 0 Å². The Bertz CT molecular complexity index is 499. The first kappa shape index (κ1) is 11.9. The van der Waals surface area contributed by atoms with Gasteiger partial charge < -0.3 is 4.57 Å². The van der Waals surface area contributed by atoms with Gasteiger partial charge in [-0.05, 0) is 18.6 Å². The van der Waals surface area contributed by atoms with Crippen molar-refractivity contribution >= 4 is 17.2 Å². The molecule has 2 rings (SSSR count). The normalized spacial score (nSPS) is 10.9. The molecule has 1 aromatic heterocycles. The molecule has 0 atom stereocenters. The predicted octanol–water partition coefficient (Wildman–Crippen LogP) is 4.03. The second kappa shape index (κ2) is 5.67. The molecule has 0 saturated heterocycles. The third-order valence-electron chi connectivity index (χ3n) is 3.20. The highest BCUT2D eigenvalue weighted by atomic mass is 16.1. The van der Waals surface area contributed by atoms with Gasteiger partial charge in [0, 0.05) is 23.7 Å². The molecule has 0 amide bonds. The molecule has 1 heterocycles. The van der Waals surface area contributed by atoms with Gasteiger partial charge in [-0.15, -0.1) is 0 Å². The summed E-state index contributed by atoms with van der Waals surface area (Å²) in [5, 5.41) is 1.16. The van der Waals surface area contributed by atoms with Crippen LogP contribution in [0.15, 0.2) is 30.5 Å². The smallest absolute Gasteiger partial charge is 0.152 e. The van der Waals surface area contributed by atoms with E-state index in [4.69, 9.17) is 0 Å². The number of carbonyl (C=O) groups is 1. The minimum atomic E-state index is 0.794. The number of fused-ring (bicyclic) bond motifs is 1. The Hall–Kier alpha value is -1.57. The number of para-hydroxylation sites is 1. The molecular weight excluding hydrogens is 210 g/mol. The topological polar surface area (TPSA) is 22.0 Å². The van der Waals surface area contributed by atoms with Crippen LogP contribution in [0, 0.1) is 0 Å². The Morgan fingerprint density at radius 3 is 2.82 bits per heavy atom. The lowest BCUT2D eigenvalue weighted by atomic mass is 10.1. The van der Waals surface area contributed by atoms with E-state index in [1.54, 1.807) is 0 Å². The van der Waals surface area contributed by atoms with Crippen molar-refractivity contribution in [1.82, 2.24) is 4.57 Å². The molecule has 0 saturated carbocycles. The second-order valence-corrected chi connectivity index (χ2v) is 4.47. The largest absolute Gasteiger partial charge is 0.347 e. The number of aromatic nitrogens is 1. The number of carbonyl (C=O) groups excluding carboxylic acids is 1. The number of unbranched alkanes of at least 4 members (excludes halogenated alkanes) is 3. The number of aldehydes is 1. The van der Waals surface area contributed by atoms with Gasteiger partial charge in [0.1, 0.15) is 0 Å². The van der Waals surface area contributed by atoms with E-state index < -0.39 is 0 Å². The molecule has 2 nitrogen and oxygen atoms in total. The van der Waals surface area contributed by atoms with Crippen molar-refractivity contribution in [3.8, 4) is 0 Å². The Morgan fingerprint density at radius 1 is 1.18 bits per heavy atom. The second-order valence-electron chi connectivity index (χ2n) is 4.47. The van der Waals surface area contributed by atoms with Gasteiger partial charge in [0.05, 0.1) is 5.52 Å². The van der Waals surface area contributed by atoms with Gasteiger partial charge in [0.2, 0.25) is 0 Å². The van der Waals surface area contributed by atoms with Crippen LogP contribution in [0.25, 0.3) is 10.9 Å². The molecule has 0 unspecified atom stereocenters. The fourth-order valence-electron chi connectivity index (χ4n) is 2.28. The lowest BCUT2D eigenvalue weighted by Crippen LogP contribution is -1.98. The summed E-state index contributed by atoms with van der Waals surface area (Å²) in [5.74, 6) is 0. The summed E-state index contributed by atoms with van der Waals surface area (Å²) in [5.41, 5.74) is 1.88. The highest BCUT2D eigenvalue weighted by Crippen LogP contribution is 2.19. The van der Waals surface area contributed by atoms with Gasteiger partial charge >= 0.3 is 0 Å². The summed E-state index contributed by atoms with van der Waals surface area (Å²) < 4.78 is 2.20. The number of hydrogen-bond donors (Lipinski definition) is 0. The minimum Gasteiger partial charge on any atom is -0.347 e. The summed E-state index contributed by atoms with van der Waals surface area (Å²) in [7, 11) is 0. The zero-order valence-corrected chi connectivity index (χ0v) is 10.4. The maximum absolute atomic E-state index is 11.0. The molecule has 0 aliphatic rings. The molecular formula is C15H19NO. The van der Waals surface area contributed by atoms with E-state index in [9.17, 15) is 4.79 Å². The zero-order valence-electron chi connectivity index (χ0n) is 10.4. The van der Waals surface area contributed by atoms with E-state index >= 15 is 0 Å². The van der Waals surface area contributed by atoms with Gasteiger partial charge in [0.25, 0.3) is 0 Å². The molecule has 2 heteroatoms. The van der Waals surface area contributed by atoms with E-state index in [0.29, 0.717) is 0 Å². The number of benzene rings is 1.